The lowest BCUT2D eigenvalue weighted by molar-refractivity contribution is 0.0660. The lowest BCUT2D eigenvalue weighted by atomic mass is 10.4. The Morgan fingerprint density at radius 3 is 3.00 bits per heavy atom. The molecule has 0 saturated carbocycles. The average molecular weight is 239 g/mol. The molecule has 0 unspecified atom stereocenters. The van der Waals surface area contributed by atoms with Gasteiger partial charge < -0.3 is 19.6 Å². The summed E-state index contributed by atoms with van der Waals surface area (Å²) in [6.07, 6.45) is 2.66. The molecule has 1 aromatic rings. The van der Waals surface area contributed by atoms with Gasteiger partial charge in [-0.25, -0.2) is 4.79 Å². The van der Waals surface area contributed by atoms with Crippen LogP contribution in [0.4, 0.5) is 0 Å². The third-order valence-corrected chi connectivity index (χ3v) is 2.06. The summed E-state index contributed by atoms with van der Waals surface area (Å²) in [5.74, 6) is -0.485. The first kappa shape index (κ1) is 13.5. The van der Waals surface area contributed by atoms with Gasteiger partial charge in [-0.1, -0.05) is 6.08 Å². The molecule has 5 heteroatoms. The van der Waals surface area contributed by atoms with Crippen molar-refractivity contribution >= 4 is 5.97 Å². The summed E-state index contributed by atoms with van der Waals surface area (Å²) in [6.45, 7) is 6.07. The van der Waals surface area contributed by atoms with Crippen LogP contribution in [0.1, 0.15) is 22.7 Å². The molecule has 0 aliphatic carbocycles. The van der Waals surface area contributed by atoms with Crippen molar-refractivity contribution in [2.75, 3.05) is 19.8 Å². The normalized spacial score (nSPS) is 10.4. The van der Waals surface area contributed by atoms with Crippen LogP contribution in [-0.4, -0.2) is 30.8 Å². The molecule has 2 N–H and O–H groups in total. The largest absolute Gasteiger partial charge is 0.475 e. The zero-order chi connectivity index (χ0) is 12.5. The van der Waals surface area contributed by atoms with Gasteiger partial charge in [0, 0.05) is 6.54 Å². The van der Waals surface area contributed by atoms with Gasteiger partial charge in [0.25, 0.3) is 0 Å². The molecule has 1 aromatic heterocycles. The number of hydrogen-bond acceptors (Lipinski definition) is 4. The fourth-order valence-electron chi connectivity index (χ4n) is 1.21. The van der Waals surface area contributed by atoms with Crippen molar-refractivity contribution in [3.8, 4) is 0 Å². The van der Waals surface area contributed by atoms with Crippen molar-refractivity contribution < 1.29 is 19.1 Å². The Bertz CT molecular complexity index is 359. The Morgan fingerprint density at radius 2 is 2.35 bits per heavy atom. The Kier molecular flexibility index (Phi) is 6.06. The van der Waals surface area contributed by atoms with E-state index in [0.717, 1.165) is 6.42 Å². The highest BCUT2D eigenvalue weighted by Crippen LogP contribution is 2.06. The van der Waals surface area contributed by atoms with Crippen molar-refractivity contribution in [1.82, 2.24) is 5.32 Å². The van der Waals surface area contributed by atoms with E-state index in [1.54, 1.807) is 6.07 Å². The topological polar surface area (TPSA) is 71.7 Å². The van der Waals surface area contributed by atoms with Crippen molar-refractivity contribution in [2.45, 2.75) is 13.0 Å². The predicted molar refractivity (Wildman–Crippen MR) is 63.0 cm³/mol. The lowest BCUT2D eigenvalue weighted by Gasteiger charge is -2.03. The number of carboxylic acids is 1. The number of ether oxygens (including phenoxy) is 1. The monoisotopic (exact) mass is 239 g/mol. The van der Waals surface area contributed by atoms with E-state index < -0.39 is 5.97 Å². The van der Waals surface area contributed by atoms with Crippen LogP contribution in [0.15, 0.2) is 29.2 Å². The predicted octanol–water partition coefficient (Wildman–Crippen LogP) is 1.66. The number of aromatic carboxylic acids is 1. The summed E-state index contributed by atoms with van der Waals surface area (Å²) < 4.78 is 10.4. The number of hydrogen-bond donors (Lipinski definition) is 2. The number of carboxylic acid groups (broad SMARTS) is 1. The quantitative estimate of drug-likeness (QED) is 0.506. The maximum Gasteiger partial charge on any atom is 0.371 e. The summed E-state index contributed by atoms with van der Waals surface area (Å²) in [7, 11) is 0. The summed E-state index contributed by atoms with van der Waals surface area (Å²) in [6, 6.07) is 3.09. The molecule has 0 amide bonds. The van der Waals surface area contributed by atoms with Gasteiger partial charge in [0.15, 0.2) is 0 Å². The van der Waals surface area contributed by atoms with Crippen LogP contribution in [0, 0.1) is 0 Å². The number of nitrogens with one attached hydrogen (secondary N) is 1. The molecule has 0 bridgehead atoms. The Labute approximate surface area is 100 Å². The molecular weight excluding hydrogens is 222 g/mol. The molecule has 94 valence electrons. The number of furan rings is 1. The van der Waals surface area contributed by atoms with Gasteiger partial charge in [-0.05, 0) is 18.6 Å². The third-order valence-electron chi connectivity index (χ3n) is 2.06. The fourth-order valence-corrected chi connectivity index (χ4v) is 1.21. The van der Waals surface area contributed by atoms with Crippen LogP contribution in [0.25, 0.3) is 0 Å². The zero-order valence-corrected chi connectivity index (χ0v) is 9.65. The standard InChI is InChI=1S/C12H17NO4/c1-2-3-7-16-8-6-13-9-10-4-5-11(17-10)12(14)15/h2,4-5,13H,1,3,6-9H2,(H,14,15). The molecule has 1 rings (SSSR count). The van der Waals surface area contributed by atoms with E-state index in [1.165, 1.54) is 6.07 Å². The molecule has 0 radical (unpaired) electrons. The minimum absolute atomic E-state index is 0.0379. The zero-order valence-electron chi connectivity index (χ0n) is 9.65. The molecule has 17 heavy (non-hydrogen) atoms. The van der Waals surface area contributed by atoms with Gasteiger partial charge in [0.05, 0.1) is 19.8 Å². The summed E-state index contributed by atoms with van der Waals surface area (Å²) in [4.78, 5) is 10.5. The Hall–Kier alpha value is -1.59. The summed E-state index contributed by atoms with van der Waals surface area (Å²) in [5, 5.41) is 11.7. The second-order valence-corrected chi connectivity index (χ2v) is 3.44. The minimum atomic E-state index is -1.05. The van der Waals surface area contributed by atoms with Gasteiger partial charge >= 0.3 is 5.97 Å². The molecule has 0 saturated heterocycles. The maximum atomic E-state index is 10.5. The first-order valence-electron chi connectivity index (χ1n) is 5.45. The highest BCUT2D eigenvalue weighted by Gasteiger charge is 2.07. The SMILES string of the molecule is C=CCCOCCNCc1ccc(C(=O)O)o1. The maximum absolute atomic E-state index is 10.5. The molecule has 0 aliphatic rings. The average Bonchev–Trinajstić information content (AvgIpc) is 2.77. The van der Waals surface area contributed by atoms with Crippen molar-refractivity contribution in [2.24, 2.45) is 0 Å². The van der Waals surface area contributed by atoms with Crippen molar-refractivity contribution in [3.63, 3.8) is 0 Å². The van der Waals surface area contributed by atoms with Gasteiger partial charge in [-0.3, -0.25) is 0 Å². The third kappa shape index (κ3) is 5.33. The number of carbonyl (C=O) groups is 1. The van der Waals surface area contributed by atoms with E-state index in [1.807, 2.05) is 6.08 Å². The van der Waals surface area contributed by atoms with E-state index >= 15 is 0 Å². The number of rotatable bonds is 9. The van der Waals surface area contributed by atoms with E-state index in [2.05, 4.69) is 11.9 Å². The first-order chi connectivity index (χ1) is 8.24. The Balaban J connectivity index is 2.09. The van der Waals surface area contributed by atoms with Crippen LogP contribution in [-0.2, 0) is 11.3 Å². The van der Waals surface area contributed by atoms with E-state index in [-0.39, 0.29) is 5.76 Å². The van der Waals surface area contributed by atoms with Crippen LogP contribution in [0.3, 0.4) is 0 Å². The smallest absolute Gasteiger partial charge is 0.371 e. The minimum Gasteiger partial charge on any atom is -0.475 e. The van der Waals surface area contributed by atoms with Gasteiger partial charge in [0.1, 0.15) is 5.76 Å². The lowest BCUT2D eigenvalue weighted by Crippen LogP contribution is -2.19. The van der Waals surface area contributed by atoms with Crippen LogP contribution in [0.5, 0.6) is 0 Å². The first-order valence-corrected chi connectivity index (χ1v) is 5.45. The van der Waals surface area contributed by atoms with E-state index in [9.17, 15) is 4.79 Å². The van der Waals surface area contributed by atoms with Crippen LogP contribution < -0.4 is 5.32 Å². The second-order valence-electron chi connectivity index (χ2n) is 3.44. The van der Waals surface area contributed by atoms with Gasteiger partial charge in [0.2, 0.25) is 5.76 Å². The molecule has 0 atom stereocenters. The van der Waals surface area contributed by atoms with Gasteiger partial charge in [-0.2, -0.15) is 0 Å². The highest BCUT2D eigenvalue weighted by molar-refractivity contribution is 5.84. The highest BCUT2D eigenvalue weighted by atomic mass is 16.5. The summed E-state index contributed by atoms with van der Waals surface area (Å²) >= 11 is 0. The molecule has 0 fully saturated rings. The second kappa shape index (κ2) is 7.65. The fraction of sp³-hybridized carbons (Fsp3) is 0.417. The molecule has 0 spiro atoms. The Morgan fingerprint density at radius 1 is 1.53 bits per heavy atom. The molecule has 5 nitrogen and oxygen atoms in total. The molecular formula is C12H17NO4. The molecule has 0 aliphatic heterocycles. The van der Waals surface area contributed by atoms with E-state index in [4.69, 9.17) is 14.3 Å². The van der Waals surface area contributed by atoms with Gasteiger partial charge in [-0.15, -0.1) is 6.58 Å². The van der Waals surface area contributed by atoms with Crippen molar-refractivity contribution in [3.05, 3.63) is 36.3 Å². The molecule has 1 heterocycles. The van der Waals surface area contributed by atoms with Crippen LogP contribution >= 0.6 is 0 Å². The molecule has 0 aromatic carbocycles. The van der Waals surface area contributed by atoms with E-state index in [0.29, 0.717) is 32.1 Å². The summed E-state index contributed by atoms with van der Waals surface area (Å²) in [5.41, 5.74) is 0. The van der Waals surface area contributed by atoms with Crippen molar-refractivity contribution in [1.29, 1.82) is 0 Å². The van der Waals surface area contributed by atoms with Crippen LogP contribution in [0.2, 0.25) is 0 Å².